The Bertz CT molecular complexity index is 950. The van der Waals surface area contributed by atoms with Crippen LogP contribution in [-0.4, -0.2) is 79.0 Å². The molecule has 1 fully saturated rings. The smallest absolute Gasteiger partial charge is 0.414 e. The van der Waals surface area contributed by atoms with Crippen molar-refractivity contribution in [1.29, 1.82) is 0 Å². The second-order valence-corrected chi connectivity index (χ2v) is 8.45. The lowest BCUT2D eigenvalue weighted by Crippen LogP contribution is -2.45. The van der Waals surface area contributed by atoms with E-state index in [0.717, 1.165) is 61.0 Å². The van der Waals surface area contributed by atoms with E-state index in [-0.39, 0.29) is 0 Å². The summed E-state index contributed by atoms with van der Waals surface area (Å²) in [4.78, 5) is 23.2. The van der Waals surface area contributed by atoms with Gasteiger partial charge in [0.2, 0.25) is 0 Å². The van der Waals surface area contributed by atoms with Crippen LogP contribution in [0.3, 0.4) is 0 Å². The van der Waals surface area contributed by atoms with Gasteiger partial charge in [0.05, 0.1) is 20.8 Å². The molecule has 1 aliphatic heterocycles. The predicted octanol–water partition coefficient (Wildman–Crippen LogP) is 3.34. The molecule has 0 radical (unpaired) electrons. The van der Waals surface area contributed by atoms with Gasteiger partial charge in [-0.1, -0.05) is 22.0 Å². The number of carboxylic acids is 2. The molecule has 0 amide bonds. The first-order valence-electron chi connectivity index (χ1n) is 10.8. The van der Waals surface area contributed by atoms with Gasteiger partial charge < -0.3 is 24.4 Å². The number of benzene rings is 2. The first kappa shape index (κ1) is 27.4. The fourth-order valence-corrected chi connectivity index (χ4v) is 3.97. The molecule has 0 bridgehead atoms. The summed E-state index contributed by atoms with van der Waals surface area (Å²) >= 11 is 3.56. The third kappa shape index (κ3) is 8.51. The Morgan fingerprint density at radius 2 is 1.41 bits per heavy atom. The van der Waals surface area contributed by atoms with E-state index in [9.17, 15) is 0 Å². The fourth-order valence-electron chi connectivity index (χ4n) is 3.56. The summed E-state index contributed by atoms with van der Waals surface area (Å²) in [5.74, 6) is -1.08. The summed E-state index contributed by atoms with van der Waals surface area (Å²) in [6.45, 7) is 8.65. The van der Waals surface area contributed by atoms with E-state index in [0.29, 0.717) is 6.61 Å². The van der Waals surface area contributed by atoms with Gasteiger partial charge >= 0.3 is 11.9 Å². The number of hydrogen-bond acceptors (Lipinski definition) is 7. The molecular weight excluding hydrogens is 508 g/mol. The van der Waals surface area contributed by atoms with Crippen molar-refractivity contribution in [1.82, 2.24) is 9.80 Å². The van der Waals surface area contributed by atoms with Gasteiger partial charge in [-0.2, -0.15) is 0 Å². The van der Waals surface area contributed by atoms with Crippen molar-refractivity contribution in [3.05, 3.63) is 52.0 Å². The van der Waals surface area contributed by atoms with Crippen molar-refractivity contribution in [3.63, 3.8) is 0 Å². The molecule has 34 heavy (non-hydrogen) atoms. The number of piperazine rings is 1. The van der Waals surface area contributed by atoms with Crippen molar-refractivity contribution in [3.8, 4) is 17.2 Å². The second kappa shape index (κ2) is 13.8. The standard InChI is InChI=1S/C22H29BrN2O3.C2H2O4/c1-4-28-22-13-17(5-7-21(22)27-3)15-24-9-11-25(12-10-24)16-18-14-19(23)6-8-20(18)26-2;3-1(4)2(5)6/h5-8,13-14H,4,9-12,15-16H2,1-3H3;(H,3,4)(H,5,6). The van der Waals surface area contributed by atoms with Gasteiger partial charge in [-0.25, -0.2) is 9.59 Å². The highest BCUT2D eigenvalue weighted by molar-refractivity contribution is 9.10. The van der Waals surface area contributed by atoms with E-state index in [1.165, 1.54) is 11.1 Å². The maximum absolute atomic E-state index is 9.10. The molecule has 186 valence electrons. The van der Waals surface area contributed by atoms with E-state index in [1.807, 2.05) is 25.1 Å². The molecule has 3 rings (SSSR count). The molecule has 1 heterocycles. The highest BCUT2D eigenvalue weighted by atomic mass is 79.9. The summed E-state index contributed by atoms with van der Waals surface area (Å²) in [5, 5.41) is 14.8. The molecule has 0 aliphatic carbocycles. The normalized spacial score (nSPS) is 14.0. The van der Waals surface area contributed by atoms with E-state index in [1.54, 1.807) is 14.2 Å². The molecule has 2 aromatic rings. The minimum atomic E-state index is -1.82. The maximum atomic E-state index is 9.10. The molecule has 0 atom stereocenters. The number of carboxylic acid groups (broad SMARTS) is 2. The van der Waals surface area contributed by atoms with Crippen LogP contribution in [0.2, 0.25) is 0 Å². The SMILES string of the molecule is CCOc1cc(CN2CCN(Cc3cc(Br)ccc3OC)CC2)ccc1OC.O=C(O)C(=O)O. The zero-order valence-electron chi connectivity index (χ0n) is 19.6. The third-order valence-electron chi connectivity index (χ3n) is 5.22. The minimum absolute atomic E-state index is 0.636. The molecule has 1 saturated heterocycles. The highest BCUT2D eigenvalue weighted by Gasteiger charge is 2.19. The molecule has 0 spiro atoms. The molecule has 2 aromatic carbocycles. The Kier molecular flexibility index (Phi) is 11.1. The lowest BCUT2D eigenvalue weighted by molar-refractivity contribution is -0.159. The maximum Gasteiger partial charge on any atom is 0.414 e. The average molecular weight is 539 g/mol. The molecule has 0 aromatic heterocycles. The Morgan fingerprint density at radius 3 is 1.94 bits per heavy atom. The largest absolute Gasteiger partial charge is 0.496 e. The van der Waals surface area contributed by atoms with Crippen LogP contribution in [0.5, 0.6) is 17.2 Å². The number of methoxy groups -OCH3 is 2. The number of ether oxygens (including phenoxy) is 3. The summed E-state index contributed by atoms with van der Waals surface area (Å²) in [7, 11) is 3.41. The molecule has 0 unspecified atom stereocenters. The number of carbonyl (C=O) groups is 2. The Labute approximate surface area is 208 Å². The number of halogens is 1. The lowest BCUT2D eigenvalue weighted by Gasteiger charge is -2.35. The van der Waals surface area contributed by atoms with Gasteiger partial charge in [0.25, 0.3) is 0 Å². The van der Waals surface area contributed by atoms with Gasteiger partial charge in [-0.3, -0.25) is 9.80 Å². The van der Waals surface area contributed by atoms with Crippen molar-refractivity contribution < 1.29 is 34.0 Å². The first-order chi connectivity index (χ1) is 16.3. The van der Waals surface area contributed by atoms with Crippen LogP contribution >= 0.6 is 15.9 Å². The topological polar surface area (TPSA) is 109 Å². The molecule has 10 heteroatoms. The fraction of sp³-hybridized carbons (Fsp3) is 0.417. The predicted molar refractivity (Wildman–Crippen MR) is 131 cm³/mol. The quantitative estimate of drug-likeness (QED) is 0.489. The van der Waals surface area contributed by atoms with Crippen LogP contribution in [0, 0.1) is 0 Å². The average Bonchev–Trinajstić information content (AvgIpc) is 2.81. The summed E-state index contributed by atoms with van der Waals surface area (Å²) in [6, 6.07) is 12.4. The highest BCUT2D eigenvalue weighted by Crippen LogP contribution is 2.29. The first-order valence-corrected chi connectivity index (χ1v) is 11.6. The third-order valence-corrected chi connectivity index (χ3v) is 5.71. The van der Waals surface area contributed by atoms with Crippen molar-refractivity contribution >= 4 is 27.9 Å². The van der Waals surface area contributed by atoms with Crippen LogP contribution in [-0.2, 0) is 22.7 Å². The summed E-state index contributed by atoms with van der Waals surface area (Å²) in [5.41, 5.74) is 2.48. The van der Waals surface area contributed by atoms with Crippen molar-refractivity contribution in [2.24, 2.45) is 0 Å². The van der Waals surface area contributed by atoms with E-state index < -0.39 is 11.9 Å². The van der Waals surface area contributed by atoms with Gasteiger partial charge in [0.1, 0.15) is 5.75 Å². The lowest BCUT2D eigenvalue weighted by atomic mass is 10.1. The number of rotatable bonds is 8. The number of nitrogens with zero attached hydrogens (tertiary/aromatic N) is 2. The monoisotopic (exact) mass is 538 g/mol. The van der Waals surface area contributed by atoms with Crippen LogP contribution in [0.1, 0.15) is 18.1 Å². The van der Waals surface area contributed by atoms with Crippen molar-refractivity contribution in [2.45, 2.75) is 20.0 Å². The summed E-state index contributed by atoms with van der Waals surface area (Å²) < 4.78 is 17.7. The molecule has 1 aliphatic rings. The Hall–Kier alpha value is -2.82. The number of hydrogen-bond donors (Lipinski definition) is 2. The summed E-state index contributed by atoms with van der Waals surface area (Å²) in [6.07, 6.45) is 0. The van der Waals surface area contributed by atoms with Gasteiger partial charge in [0.15, 0.2) is 11.5 Å². The molecule has 0 saturated carbocycles. The van der Waals surface area contributed by atoms with Crippen molar-refractivity contribution in [2.75, 3.05) is 47.0 Å². The van der Waals surface area contributed by atoms with Crippen LogP contribution in [0.15, 0.2) is 40.9 Å². The van der Waals surface area contributed by atoms with Crippen LogP contribution in [0.4, 0.5) is 0 Å². The zero-order valence-corrected chi connectivity index (χ0v) is 21.2. The Morgan fingerprint density at radius 1 is 0.853 bits per heavy atom. The van der Waals surface area contributed by atoms with Crippen LogP contribution in [0.25, 0.3) is 0 Å². The minimum Gasteiger partial charge on any atom is -0.496 e. The van der Waals surface area contributed by atoms with E-state index >= 15 is 0 Å². The van der Waals surface area contributed by atoms with Gasteiger partial charge in [0, 0.05) is 49.3 Å². The second-order valence-electron chi connectivity index (χ2n) is 7.54. The van der Waals surface area contributed by atoms with E-state index in [4.69, 9.17) is 34.0 Å². The number of aliphatic carboxylic acids is 2. The molecule has 9 nitrogen and oxygen atoms in total. The van der Waals surface area contributed by atoms with Gasteiger partial charge in [-0.05, 0) is 42.8 Å². The van der Waals surface area contributed by atoms with E-state index in [2.05, 4.69) is 43.9 Å². The van der Waals surface area contributed by atoms with Crippen LogP contribution < -0.4 is 14.2 Å². The Balaban J connectivity index is 0.000000604. The molecular formula is C24H31BrN2O7. The zero-order chi connectivity index (χ0) is 25.1. The molecule has 2 N–H and O–H groups in total. The van der Waals surface area contributed by atoms with Gasteiger partial charge in [-0.15, -0.1) is 0 Å².